The summed E-state index contributed by atoms with van der Waals surface area (Å²) in [6, 6.07) is 5.75. The largest absolute Gasteiger partial charge is 0.237 e. The third kappa shape index (κ3) is 1.52. The van der Waals surface area contributed by atoms with Gasteiger partial charge in [0.05, 0.1) is 5.69 Å². The van der Waals surface area contributed by atoms with Crippen LogP contribution in [0, 0.1) is 0 Å². The maximum atomic E-state index is 6.34. The van der Waals surface area contributed by atoms with Crippen molar-refractivity contribution >= 4 is 11.6 Å². The molecule has 2 heterocycles. The van der Waals surface area contributed by atoms with Crippen LogP contribution in [0.4, 0.5) is 0 Å². The molecule has 0 aromatic carbocycles. The third-order valence-corrected chi connectivity index (χ3v) is 3.35. The van der Waals surface area contributed by atoms with Crippen molar-refractivity contribution in [1.29, 1.82) is 0 Å². The Bertz CT molecular complexity index is 504. The molecule has 16 heavy (non-hydrogen) atoms. The fourth-order valence-electron chi connectivity index (χ4n) is 2.15. The second-order valence-electron chi connectivity index (χ2n) is 4.02. The zero-order valence-electron chi connectivity index (χ0n) is 8.86. The van der Waals surface area contributed by atoms with Gasteiger partial charge in [-0.25, -0.2) is 9.67 Å². The molecule has 0 fully saturated rings. The van der Waals surface area contributed by atoms with Crippen LogP contribution >= 0.6 is 11.6 Å². The molecular weight excluding hydrogens is 222 g/mol. The molecule has 0 amide bonds. The number of fused-ring (bicyclic) bond motifs is 1. The Morgan fingerprint density at radius 3 is 2.81 bits per heavy atom. The number of halogens is 1. The highest BCUT2D eigenvalue weighted by molar-refractivity contribution is 6.30. The number of hydrogen-bond donors (Lipinski definition) is 0. The summed E-state index contributed by atoms with van der Waals surface area (Å²) in [5.74, 6) is 0.793. The van der Waals surface area contributed by atoms with E-state index in [-0.39, 0.29) is 0 Å². The van der Waals surface area contributed by atoms with Crippen molar-refractivity contribution in [3.8, 4) is 5.82 Å². The van der Waals surface area contributed by atoms with Gasteiger partial charge in [-0.15, -0.1) is 0 Å². The lowest BCUT2D eigenvalue weighted by Gasteiger charge is -2.07. The van der Waals surface area contributed by atoms with Gasteiger partial charge in [0.1, 0.15) is 5.15 Å². The molecule has 0 bridgehead atoms. The van der Waals surface area contributed by atoms with Gasteiger partial charge in [0.2, 0.25) is 0 Å². The zero-order chi connectivity index (χ0) is 11.0. The van der Waals surface area contributed by atoms with Crippen LogP contribution in [-0.2, 0) is 12.8 Å². The first-order valence-electron chi connectivity index (χ1n) is 5.54. The molecular formula is C12H12ClN3. The Labute approximate surface area is 99.1 Å². The molecule has 1 aliphatic carbocycles. The lowest BCUT2D eigenvalue weighted by Crippen LogP contribution is -2.00. The van der Waals surface area contributed by atoms with Crippen LogP contribution < -0.4 is 0 Å². The number of nitrogens with zero attached hydrogens (tertiary/aromatic N) is 3. The molecule has 0 aliphatic heterocycles. The Morgan fingerprint density at radius 2 is 2.06 bits per heavy atom. The number of aryl methyl sites for hydroxylation is 1. The number of rotatable bonds is 1. The maximum absolute atomic E-state index is 6.34. The van der Waals surface area contributed by atoms with Crippen LogP contribution in [0.25, 0.3) is 5.82 Å². The monoisotopic (exact) mass is 233 g/mol. The summed E-state index contributed by atoms with van der Waals surface area (Å²) < 4.78 is 1.75. The topological polar surface area (TPSA) is 30.7 Å². The summed E-state index contributed by atoms with van der Waals surface area (Å²) in [7, 11) is 0. The predicted molar refractivity (Wildman–Crippen MR) is 63.0 cm³/mol. The summed E-state index contributed by atoms with van der Waals surface area (Å²) in [6.45, 7) is 0. The molecule has 4 heteroatoms. The Hall–Kier alpha value is -1.35. The molecule has 0 N–H and O–H groups in total. The van der Waals surface area contributed by atoms with Gasteiger partial charge in [-0.1, -0.05) is 17.7 Å². The van der Waals surface area contributed by atoms with E-state index in [1.165, 1.54) is 18.4 Å². The van der Waals surface area contributed by atoms with E-state index in [1.54, 1.807) is 10.9 Å². The van der Waals surface area contributed by atoms with Crippen molar-refractivity contribution in [2.75, 3.05) is 0 Å². The quantitative estimate of drug-likeness (QED) is 0.758. The summed E-state index contributed by atoms with van der Waals surface area (Å²) in [5, 5.41) is 5.27. The van der Waals surface area contributed by atoms with Gasteiger partial charge in [-0.3, -0.25) is 0 Å². The number of hydrogen-bond acceptors (Lipinski definition) is 2. The van der Waals surface area contributed by atoms with E-state index < -0.39 is 0 Å². The van der Waals surface area contributed by atoms with Gasteiger partial charge < -0.3 is 0 Å². The van der Waals surface area contributed by atoms with Crippen molar-refractivity contribution in [2.45, 2.75) is 25.7 Å². The van der Waals surface area contributed by atoms with Crippen molar-refractivity contribution in [3.05, 3.63) is 40.8 Å². The molecule has 1 aliphatic rings. The van der Waals surface area contributed by atoms with Crippen molar-refractivity contribution in [2.24, 2.45) is 0 Å². The second kappa shape index (κ2) is 3.91. The van der Waals surface area contributed by atoms with Gasteiger partial charge in [-0.05, 0) is 37.8 Å². The van der Waals surface area contributed by atoms with Crippen LogP contribution in [0.5, 0.6) is 0 Å². The molecule has 0 spiro atoms. The average molecular weight is 234 g/mol. The molecule has 0 radical (unpaired) electrons. The molecule has 0 atom stereocenters. The van der Waals surface area contributed by atoms with Gasteiger partial charge in [0, 0.05) is 11.8 Å². The van der Waals surface area contributed by atoms with E-state index in [4.69, 9.17) is 11.6 Å². The summed E-state index contributed by atoms with van der Waals surface area (Å²) in [4.78, 5) is 4.27. The van der Waals surface area contributed by atoms with Gasteiger partial charge in [0.15, 0.2) is 5.82 Å². The molecule has 2 aromatic heterocycles. The minimum Gasteiger partial charge on any atom is -0.237 e. The van der Waals surface area contributed by atoms with Crippen LogP contribution in [-0.4, -0.2) is 14.8 Å². The summed E-state index contributed by atoms with van der Waals surface area (Å²) in [6.07, 6.45) is 6.26. The van der Waals surface area contributed by atoms with Gasteiger partial charge in [0.25, 0.3) is 0 Å². The standard InChI is InChI=1S/C12H12ClN3/c13-12-9-5-1-2-6-10(9)15-16(12)11-7-3-4-8-14-11/h3-4,7-8H,1-2,5-6H2. The van der Waals surface area contributed by atoms with E-state index in [1.807, 2.05) is 18.2 Å². The first kappa shape index (κ1) is 9.85. The van der Waals surface area contributed by atoms with Crippen LogP contribution in [0.1, 0.15) is 24.1 Å². The molecule has 3 rings (SSSR count). The van der Waals surface area contributed by atoms with Crippen LogP contribution in [0.3, 0.4) is 0 Å². The van der Waals surface area contributed by atoms with Crippen LogP contribution in [0.15, 0.2) is 24.4 Å². The van der Waals surface area contributed by atoms with E-state index in [2.05, 4.69) is 10.1 Å². The Kier molecular flexibility index (Phi) is 2.40. The SMILES string of the molecule is Clc1c2c(nn1-c1ccccn1)CCCC2. The lowest BCUT2D eigenvalue weighted by atomic mass is 9.99. The van der Waals surface area contributed by atoms with Crippen molar-refractivity contribution in [1.82, 2.24) is 14.8 Å². The van der Waals surface area contributed by atoms with Gasteiger partial charge in [-0.2, -0.15) is 5.10 Å². The minimum atomic E-state index is 0.730. The van der Waals surface area contributed by atoms with Crippen LogP contribution in [0.2, 0.25) is 5.15 Å². The first-order valence-corrected chi connectivity index (χ1v) is 5.92. The fourth-order valence-corrected chi connectivity index (χ4v) is 2.47. The molecule has 0 saturated carbocycles. The predicted octanol–water partition coefficient (Wildman–Crippen LogP) is 2.80. The van der Waals surface area contributed by atoms with E-state index in [0.717, 1.165) is 29.5 Å². The Morgan fingerprint density at radius 1 is 1.19 bits per heavy atom. The maximum Gasteiger partial charge on any atom is 0.155 e. The normalized spacial score (nSPS) is 14.8. The highest BCUT2D eigenvalue weighted by atomic mass is 35.5. The fraction of sp³-hybridized carbons (Fsp3) is 0.333. The van der Waals surface area contributed by atoms with E-state index in [9.17, 15) is 0 Å². The van der Waals surface area contributed by atoms with Gasteiger partial charge >= 0.3 is 0 Å². The summed E-state index contributed by atoms with van der Waals surface area (Å²) >= 11 is 6.34. The third-order valence-electron chi connectivity index (χ3n) is 2.96. The van der Waals surface area contributed by atoms with E-state index >= 15 is 0 Å². The van der Waals surface area contributed by atoms with Crippen molar-refractivity contribution < 1.29 is 0 Å². The average Bonchev–Trinajstić information content (AvgIpc) is 2.69. The molecule has 0 saturated heterocycles. The summed E-state index contributed by atoms with van der Waals surface area (Å²) in [5.41, 5.74) is 2.35. The highest BCUT2D eigenvalue weighted by Gasteiger charge is 2.20. The smallest absolute Gasteiger partial charge is 0.155 e. The Balaban J connectivity index is 2.12. The lowest BCUT2D eigenvalue weighted by molar-refractivity contribution is 0.670. The first-order chi connectivity index (χ1) is 7.86. The molecule has 3 nitrogen and oxygen atoms in total. The second-order valence-corrected chi connectivity index (χ2v) is 4.38. The highest BCUT2D eigenvalue weighted by Crippen LogP contribution is 2.28. The molecule has 82 valence electrons. The molecule has 2 aromatic rings. The van der Waals surface area contributed by atoms with Crippen molar-refractivity contribution in [3.63, 3.8) is 0 Å². The molecule has 0 unspecified atom stereocenters. The zero-order valence-corrected chi connectivity index (χ0v) is 9.61. The number of aromatic nitrogens is 3. The number of pyridine rings is 1. The minimum absolute atomic E-state index is 0.730. The van der Waals surface area contributed by atoms with E-state index in [0.29, 0.717) is 0 Å².